The standard InChI is InChI=1S/C23H25N5O3/c1-14(2)28-19-10-6-5-9-17(19)25-20(28)11-12-24-21(29)13-18-23(31)26-16-8-4-3-7-15(16)22(30)27-18/h3-10,14,18H,11-13H2,1-2H3,(H,24,29)(H,26,31)(H,27,30)/t18-/m0/s1. The molecule has 31 heavy (non-hydrogen) atoms. The van der Waals surface area contributed by atoms with Gasteiger partial charge in [-0.25, -0.2) is 4.98 Å². The Bertz CT molecular complexity index is 1150. The lowest BCUT2D eigenvalue weighted by atomic mass is 10.1. The summed E-state index contributed by atoms with van der Waals surface area (Å²) in [6.07, 6.45) is 0.430. The number of rotatable bonds is 6. The number of amides is 3. The Balaban J connectivity index is 1.37. The highest BCUT2D eigenvalue weighted by molar-refractivity contribution is 6.10. The fraction of sp³-hybridized carbons (Fsp3) is 0.304. The van der Waals surface area contributed by atoms with Crippen LogP contribution < -0.4 is 16.0 Å². The molecule has 0 radical (unpaired) electrons. The summed E-state index contributed by atoms with van der Waals surface area (Å²) in [5.74, 6) is -0.196. The largest absolute Gasteiger partial charge is 0.356 e. The van der Waals surface area contributed by atoms with Crippen LogP contribution in [0.4, 0.5) is 5.69 Å². The van der Waals surface area contributed by atoms with Gasteiger partial charge in [-0.05, 0) is 38.1 Å². The average Bonchev–Trinajstić information content (AvgIpc) is 3.06. The van der Waals surface area contributed by atoms with Gasteiger partial charge in [-0.3, -0.25) is 14.4 Å². The van der Waals surface area contributed by atoms with Gasteiger partial charge < -0.3 is 20.5 Å². The fourth-order valence-corrected chi connectivity index (χ4v) is 3.87. The first-order valence-corrected chi connectivity index (χ1v) is 10.4. The number of nitrogens with one attached hydrogen (secondary N) is 3. The normalized spacial score (nSPS) is 15.9. The minimum absolute atomic E-state index is 0.133. The van der Waals surface area contributed by atoms with Crippen LogP contribution in [0.1, 0.15) is 42.5 Å². The van der Waals surface area contributed by atoms with E-state index in [2.05, 4.69) is 34.4 Å². The number of carbonyl (C=O) groups is 3. The Morgan fingerprint density at radius 2 is 1.87 bits per heavy atom. The molecule has 0 spiro atoms. The molecule has 0 saturated heterocycles. The Morgan fingerprint density at radius 1 is 1.13 bits per heavy atom. The molecule has 8 nitrogen and oxygen atoms in total. The highest BCUT2D eigenvalue weighted by Gasteiger charge is 2.29. The first-order valence-electron chi connectivity index (χ1n) is 10.4. The topological polar surface area (TPSA) is 105 Å². The maximum absolute atomic E-state index is 12.5. The van der Waals surface area contributed by atoms with Gasteiger partial charge in [0.1, 0.15) is 11.9 Å². The van der Waals surface area contributed by atoms with Crippen LogP contribution in [0, 0.1) is 0 Å². The van der Waals surface area contributed by atoms with E-state index in [4.69, 9.17) is 4.98 Å². The highest BCUT2D eigenvalue weighted by atomic mass is 16.2. The first-order chi connectivity index (χ1) is 14.9. The predicted octanol–water partition coefficient (Wildman–Crippen LogP) is 2.42. The van der Waals surface area contributed by atoms with Crippen molar-refractivity contribution in [2.45, 2.75) is 38.8 Å². The molecule has 2 aromatic carbocycles. The third-order valence-corrected chi connectivity index (χ3v) is 5.30. The Labute approximate surface area is 180 Å². The molecule has 3 aromatic rings. The number of benzene rings is 2. The summed E-state index contributed by atoms with van der Waals surface area (Å²) in [5, 5.41) is 8.19. The average molecular weight is 419 g/mol. The zero-order valence-corrected chi connectivity index (χ0v) is 17.5. The van der Waals surface area contributed by atoms with Crippen molar-refractivity contribution in [3.05, 3.63) is 59.9 Å². The van der Waals surface area contributed by atoms with E-state index in [1.54, 1.807) is 24.3 Å². The maximum atomic E-state index is 12.5. The van der Waals surface area contributed by atoms with Crippen molar-refractivity contribution < 1.29 is 14.4 Å². The molecule has 8 heteroatoms. The molecule has 1 aliphatic heterocycles. The molecular formula is C23H25N5O3. The number of nitrogens with zero attached hydrogens (tertiary/aromatic N) is 2. The molecule has 0 fully saturated rings. The Hall–Kier alpha value is -3.68. The number of carbonyl (C=O) groups excluding carboxylic acids is 3. The zero-order chi connectivity index (χ0) is 22.0. The highest BCUT2D eigenvalue weighted by Crippen LogP contribution is 2.21. The van der Waals surface area contributed by atoms with Crippen LogP contribution in [-0.4, -0.2) is 39.9 Å². The monoisotopic (exact) mass is 419 g/mol. The molecule has 1 aliphatic rings. The number of para-hydroxylation sites is 3. The Kier molecular flexibility index (Phi) is 5.70. The number of hydrogen-bond acceptors (Lipinski definition) is 4. The molecule has 160 valence electrons. The molecule has 0 unspecified atom stereocenters. The number of aromatic nitrogens is 2. The quantitative estimate of drug-likeness (QED) is 0.571. The van der Waals surface area contributed by atoms with Crippen LogP contribution >= 0.6 is 0 Å². The number of hydrogen-bond donors (Lipinski definition) is 3. The van der Waals surface area contributed by atoms with Gasteiger partial charge in [-0.2, -0.15) is 0 Å². The van der Waals surface area contributed by atoms with E-state index in [0.717, 1.165) is 16.9 Å². The van der Waals surface area contributed by atoms with Crippen molar-refractivity contribution in [3.63, 3.8) is 0 Å². The predicted molar refractivity (Wildman–Crippen MR) is 118 cm³/mol. The molecule has 3 amide bonds. The van der Waals surface area contributed by atoms with Gasteiger partial charge in [0.25, 0.3) is 5.91 Å². The van der Waals surface area contributed by atoms with Crippen molar-refractivity contribution in [1.82, 2.24) is 20.2 Å². The van der Waals surface area contributed by atoms with Gasteiger partial charge >= 0.3 is 0 Å². The molecule has 0 saturated carbocycles. The van der Waals surface area contributed by atoms with Gasteiger partial charge in [-0.1, -0.05) is 24.3 Å². The second-order valence-electron chi connectivity index (χ2n) is 7.85. The lowest BCUT2D eigenvalue weighted by molar-refractivity contribution is -0.125. The molecule has 2 heterocycles. The smallest absolute Gasteiger partial charge is 0.254 e. The van der Waals surface area contributed by atoms with Gasteiger partial charge in [0.2, 0.25) is 11.8 Å². The molecule has 3 N–H and O–H groups in total. The van der Waals surface area contributed by atoms with Crippen LogP contribution in [0.25, 0.3) is 11.0 Å². The summed E-state index contributed by atoms with van der Waals surface area (Å²) in [6, 6.07) is 14.0. The lowest BCUT2D eigenvalue weighted by Crippen LogP contribution is -2.44. The van der Waals surface area contributed by atoms with Gasteiger partial charge in [-0.15, -0.1) is 0 Å². The summed E-state index contributed by atoms with van der Waals surface area (Å²) in [5.41, 5.74) is 2.82. The van der Waals surface area contributed by atoms with Crippen LogP contribution in [0.2, 0.25) is 0 Å². The minimum Gasteiger partial charge on any atom is -0.356 e. The SMILES string of the molecule is CC(C)n1c(CCNC(=O)C[C@@H]2NC(=O)c3ccccc3NC2=O)nc2ccccc21. The van der Waals surface area contributed by atoms with Crippen molar-refractivity contribution in [2.24, 2.45) is 0 Å². The second kappa shape index (κ2) is 8.59. The van der Waals surface area contributed by atoms with Crippen LogP contribution in [0.15, 0.2) is 48.5 Å². The summed E-state index contributed by atoms with van der Waals surface area (Å²) >= 11 is 0. The molecular weight excluding hydrogens is 394 g/mol. The number of imidazole rings is 1. The van der Waals surface area contributed by atoms with Crippen molar-refractivity contribution in [3.8, 4) is 0 Å². The van der Waals surface area contributed by atoms with Crippen LogP contribution in [0.5, 0.6) is 0 Å². The molecule has 1 aromatic heterocycles. The summed E-state index contributed by atoms with van der Waals surface area (Å²) < 4.78 is 2.16. The van der Waals surface area contributed by atoms with E-state index in [1.807, 2.05) is 24.3 Å². The lowest BCUT2D eigenvalue weighted by Gasteiger charge is -2.15. The van der Waals surface area contributed by atoms with E-state index < -0.39 is 11.9 Å². The van der Waals surface area contributed by atoms with Gasteiger partial charge in [0.15, 0.2) is 0 Å². The number of fused-ring (bicyclic) bond motifs is 2. The maximum Gasteiger partial charge on any atom is 0.254 e. The summed E-state index contributed by atoms with van der Waals surface area (Å²) in [7, 11) is 0. The van der Waals surface area contributed by atoms with E-state index in [1.165, 1.54) is 0 Å². The zero-order valence-electron chi connectivity index (χ0n) is 17.5. The summed E-state index contributed by atoms with van der Waals surface area (Å²) in [4.78, 5) is 42.0. The van der Waals surface area contributed by atoms with E-state index in [-0.39, 0.29) is 24.3 Å². The van der Waals surface area contributed by atoms with Crippen molar-refractivity contribution in [2.75, 3.05) is 11.9 Å². The molecule has 4 rings (SSSR count). The third kappa shape index (κ3) is 4.28. The van der Waals surface area contributed by atoms with Crippen LogP contribution in [-0.2, 0) is 16.0 Å². The number of anilines is 1. The van der Waals surface area contributed by atoms with Gasteiger partial charge in [0.05, 0.1) is 28.7 Å². The first kappa shape index (κ1) is 20.6. The van der Waals surface area contributed by atoms with E-state index >= 15 is 0 Å². The van der Waals surface area contributed by atoms with Crippen molar-refractivity contribution in [1.29, 1.82) is 0 Å². The van der Waals surface area contributed by atoms with Crippen molar-refractivity contribution >= 4 is 34.4 Å². The van der Waals surface area contributed by atoms with Crippen LogP contribution in [0.3, 0.4) is 0 Å². The minimum atomic E-state index is -0.930. The van der Waals surface area contributed by atoms with E-state index in [0.29, 0.717) is 24.2 Å². The summed E-state index contributed by atoms with van der Waals surface area (Å²) in [6.45, 7) is 4.58. The molecule has 1 atom stereocenters. The van der Waals surface area contributed by atoms with Gasteiger partial charge in [0, 0.05) is 19.0 Å². The van der Waals surface area contributed by atoms with E-state index in [9.17, 15) is 14.4 Å². The Morgan fingerprint density at radius 3 is 2.68 bits per heavy atom. The fourth-order valence-electron chi connectivity index (χ4n) is 3.87. The molecule has 0 aliphatic carbocycles. The second-order valence-corrected chi connectivity index (χ2v) is 7.85. The molecule has 0 bridgehead atoms. The third-order valence-electron chi connectivity index (χ3n) is 5.30.